The number of Topliss-reactive ketones (excluding diaryl/α,β-unsaturated/α-hetero) is 1. The van der Waals surface area contributed by atoms with E-state index in [0.717, 1.165) is 5.56 Å². The molecule has 0 atom stereocenters. The number of nitrogens with two attached hydrogens (primary N) is 1. The lowest BCUT2D eigenvalue weighted by molar-refractivity contribution is 0.101. The van der Waals surface area contributed by atoms with E-state index in [1.54, 1.807) is 18.2 Å². The van der Waals surface area contributed by atoms with Crippen LogP contribution in [-0.4, -0.2) is 5.78 Å². The second-order valence-corrected chi connectivity index (χ2v) is 6.54. The van der Waals surface area contributed by atoms with Crippen LogP contribution in [-0.2, 0) is 12.0 Å². The normalized spacial score (nSPS) is 11.3. The van der Waals surface area contributed by atoms with Gasteiger partial charge in [0, 0.05) is 5.56 Å². The van der Waals surface area contributed by atoms with Crippen LogP contribution in [0, 0.1) is 0 Å². The van der Waals surface area contributed by atoms with Gasteiger partial charge in [0.25, 0.3) is 0 Å². The predicted octanol–water partition coefficient (Wildman–Crippen LogP) is 4.35. The summed E-state index contributed by atoms with van der Waals surface area (Å²) >= 11 is 0. The number of ether oxygens (including phenoxy) is 1. The van der Waals surface area contributed by atoms with Crippen molar-refractivity contribution < 1.29 is 9.53 Å². The molecule has 0 amide bonds. The van der Waals surface area contributed by atoms with E-state index in [1.807, 2.05) is 0 Å². The molecule has 0 unspecified atom stereocenters. The molecule has 3 nitrogen and oxygen atoms in total. The molecular weight excluding hydrogens is 274 g/mol. The first-order valence-corrected chi connectivity index (χ1v) is 7.40. The summed E-state index contributed by atoms with van der Waals surface area (Å²) < 4.78 is 5.75. The average molecular weight is 297 g/mol. The number of carbonyl (C=O) groups is 1. The number of benzene rings is 2. The maximum atomic E-state index is 11.3. The van der Waals surface area contributed by atoms with Crippen LogP contribution >= 0.6 is 0 Å². The summed E-state index contributed by atoms with van der Waals surface area (Å²) in [6, 6.07) is 13.5. The highest BCUT2D eigenvalue weighted by Crippen LogP contribution is 2.25. The molecule has 0 aliphatic heterocycles. The molecule has 22 heavy (non-hydrogen) atoms. The Balaban J connectivity index is 2.05. The molecule has 0 radical (unpaired) electrons. The molecule has 2 aromatic carbocycles. The van der Waals surface area contributed by atoms with Crippen LogP contribution < -0.4 is 10.5 Å². The van der Waals surface area contributed by atoms with Gasteiger partial charge in [-0.2, -0.15) is 0 Å². The van der Waals surface area contributed by atoms with E-state index in [-0.39, 0.29) is 11.2 Å². The van der Waals surface area contributed by atoms with Crippen molar-refractivity contribution in [1.82, 2.24) is 0 Å². The van der Waals surface area contributed by atoms with Crippen LogP contribution in [0.3, 0.4) is 0 Å². The van der Waals surface area contributed by atoms with Gasteiger partial charge in [0.05, 0.1) is 5.69 Å². The summed E-state index contributed by atoms with van der Waals surface area (Å²) in [6.45, 7) is 8.54. The van der Waals surface area contributed by atoms with Crippen molar-refractivity contribution in [1.29, 1.82) is 0 Å². The minimum Gasteiger partial charge on any atom is -0.487 e. The zero-order valence-electron chi connectivity index (χ0n) is 13.6. The van der Waals surface area contributed by atoms with E-state index >= 15 is 0 Å². The van der Waals surface area contributed by atoms with Gasteiger partial charge in [0.15, 0.2) is 5.78 Å². The average Bonchev–Trinajstić information content (AvgIpc) is 2.45. The largest absolute Gasteiger partial charge is 0.487 e. The highest BCUT2D eigenvalue weighted by atomic mass is 16.5. The summed E-state index contributed by atoms with van der Waals surface area (Å²) in [4.78, 5) is 11.3. The second kappa shape index (κ2) is 6.22. The minimum absolute atomic E-state index is 0.00369. The highest BCUT2D eigenvalue weighted by molar-refractivity contribution is 5.95. The molecule has 0 fully saturated rings. The Labute approximate surface area is 132 Å². The van der Waals surface area contributed by atoms with E-state index in [1.165, 1.54) is 12.5 Å². The topological polar surface area (TPSA) is 52.3 Å². The van der Waals surface area contributed by atoms with Gasteiger partial charge < -0.3 is 10.5 Å². The van der Waals surface area contributed by atoms with Gasteiger partial charge in [-0.15, -0.1) is 0 Å². The van der Waals surface area contributed by atoms with Crippen LogP contribution in [0.1, 0.15) is 49.2 Å². The maximum absolute atomic E-state index is 11.3. The van der Waals surface area contributed by atoms with Gasteiger partial charge in [-0.25, -0.2) is 0 Å². The molecule has 0 aliphatic carbocycles. The van der Waals surface area contributed by atoms with Gasteiger partial charge >= 0.3 is 0 Å². The minimum atomic E-state index is -0.00369. The third kappa shape index (κ3) is 3.88. The number of hydrogen-bond donors (Lipinski definition) is 1. The van der Waals surface area contributed by atoms with Crippen molar-refractivity contribution in [3.8, 4) is 5.75 Å². The molecule has 2 N–H and O–H groups in total. The summed E-state index contributed by atoms with van der Waals surface area (Å²) in [7, 11) is 0. The van der Waals surface area contributed by atoms with Gasteiger partial charge in [-0.05, 0) is 41.7 Å². The van der Waals surface area contributed by atoms with E-state index in [4.69, 9.17) is 10.5 Å². The zero-order chi connectivity index (χ0) is 16.3. The first-order chi connectivity index (χ1) is 10.3. The van der Waals surface area contributed by atoms with Crippen molar-refractivity contribution in [2.45, 2.75) is 39.7 Å². The van der Waals surface area contributed by atoms with Crippen LogP contribution in [0.15, 0.2) is 42.5 Å². The van der Waals surface area contributed by atoms with Crippen molar-refractivity contribution in [3.05, 3.63) is 59.2 Å². The fraction of sp³-hybridized carbons (Fsp3) is 0.316. The fourth-order valence-corrected chi connectivity index (χ4v) is 2.16. The van der Waals surface area contributed by atoms with Gasteiger partial charge in [0.1, 0.15) is 12.4 Å². The molecule has 0 aromatic heterocycles. The van der Waals surface area contributed by atoms with E-state index in [2.05, 4.69) is 45.0 Å². The van der Waals surface area contributed by atoms with Gasteiger partial charge in [-0.3, -0.25) is 4.79 Å². The number of hydrogen-bond acceptors (Lipinski definition) is 3. The summed E-state index contributed by atoms with van der Waals surface area (Å²) in [5, 5.41) is 0. The summed E-state index contributed by atoms with van der Waals surface area (Å²) in [6.07, 6.45) is 0. The Morgan fingerprint density at radius 1 is 1.09 bits per heavy atom. The molecule has 0 saturated heterocycles. The van der Waals surface area contributed by atoms with E-state index in [0.29, 0.717) is 23.6 Å². The molecule has 0 bridgehead atoms. The second-order valence-electron chi connectivity index (χ2n) is 6.54. The number of ketones is 1. The number of anilines is 1. The van der Waals surface area contributed by atoms with Crippen molar-refractivity contribution in [2.75, 3.05) is 5.73 Å². The quantitative estimate of drug-likeness (QED) is 0.674. The lowest BCUT2D eigenvalue weighted by atomic mass is 9.87. The third-order valence-electron chi connectivity index (χ3n) is 3.63. The highest BCUT2D eigenvalue weighted by Gasteiger charge is 2.13. The first kappa shape index (κ1) is 16.1. The number of rotatable bonds is 4. The fourth-order valence-electron chi connectivity index (χ4n) is 2.16. The summed E-state index contributed by atoms with van der Waals surface area (Å²) in [5.74, 6) is 0.598. The van der Waals surface area contributed by atoms with Crippen LogP contribution in [0.25, 0.3) is 0 Å². The van der Waals surface area contributed by atoms with Gasteiger partial charge in [-0.1, -0.05) is 45.0 Å². The Hall–Kier alpha value is -2.29. The first-order valence-electron chi connectivity index (χ1n) is 7.40. The van der Waals surface area contributed by atoms with Gasteiger partial charge in [0.2, 0.25) is 0 Å². The molecule has 116 valence electrons. The lowest BCUT2D eigenvalue weighted by Crippen LogP contribution is -2.10. The van der Waals surface area contributed by atoms with Crippen LogP contribution in [0.5, 0.6) is 5.75 Å². The Kier molecular flexibility index (Phi) is 4.55. The lowest BCUT2D eigenvalue weighted by Gasteiger charge is -2.19. The van der Waals surface area contributed by atoms with Crippen molar-refractivity contribution in [3.63, 3.8) is 0 Å². The zero-order valence-corrected chi connectivity index (χ0v) is 13.6. The third-order valence-corrected chi connectivity index (χ3v) is 3.63. The Morgan fingerprint density at radius 3 is 2.23 bits per heavy atom. The molecular formula is C19H23NO2. The van der Waals surface area contributed by atoms with Crippen LogP contribution in [0.2, 0.25) is 0 Å². The van der Waals surface area contributed by atoms with Crippen LogP contribution in [0.4, 0.5) is 5.69 Å². The predicted molar refractivity (Wildman–Crippen MR) is 90.3 cm³/mol. The number of nitrogen functional groups attached to an aromatic ring is 1. The molecule has 0 saturated carbocycles. The van der Waals surface area contributed by atoms with E-state index in [9.17, 15) is 4.79 Å². The Morgan fingerprint density at radius 2 is 1.73 bits per heavy atom. The van der Waals surface area contributed by atoms with E-state index < -0.39 is 0 Å². The molecule has 3 heteroatoms. The summed E-state index contributed by atoms with van der Waals surface area (Å²) in [5.41, 5.74) is 9.53. The Bertz CT molecular complexity index is 667. The van der Waals surface area contributed by atoms with Crippen molar-refractivity contribution >= 4 is 11.5 Å². The molecule has 2 rings (SSSR count). The smallest absolute Gasteiger partial charge is 0.159 e. The molecule has 0 aliphatic rings. The molecule has 0 heterocycles. The number of carbonyl (C=O) groups excluding carboxylic acids is 1. The maximum Gasteiger partial charge on any atom is 0.159 e. The SMILES string of the molecule is CC(=O)c1ccc(OCc2ccc(C(C)(C)C)cc2)c(N)c1. The monoisotopic (exact) mass is 297 g/mol. The molecule has 0 spiro atoms. The standard InChI is InChI=1S/C19H23NO2/c1-13(21)15-7-10-18(17(20)11-15)22-12-14-5-8-16(9-6-14)19(2,3)4/h5-11H,12,20H2,1-4H3. The molecule has 2 aromatic rings. The van der Waals surface area contributed by atoms with Crippen molar-refractivity contribution in [2.24, 2.45) is 0 Å².